The van der Waals surface area contributed by atoms with Gasteiger partial charge < -0.3 is 10.6 Å². The first-order chi connectivity index (χ1) is 15.4. The second-order valence-electron chi connectivity index (χ2n) is 8.31. The third-order valence-corrected chi connectivity index (χ3v) is 5.91. The van der Waals surface area contributed by atoms with Crippen molar-refractivity contribution < 1.29 is 9.59 Å². The predicted octanol–water partition coefficient (Wildman–Crippen LogP) is 2.80. The molecule has 0 bridgehead atoms. The Kier molecular flexibility index (Phi) is 7.51. The Morgan fingerprint density at radius 3 is 1.53 bits per heavy atom. The van der Waals surface area contributed by atoms with Gasteiger partial charge in [0.05, 0.1) is 11.1 Å². The fraction of sp³-hybridized carbons (Fsp3) is 0.417. The molecule has 0 saturated heterocycles. The Balaban J connectivity index is 1.42. The first-order valence-corrected chi connectivity index (χ1v) is 10.7. The summed E-state index contributed by atoms with van der Waals surface area (Å²) in [6.07, 6.45) is 6.75. The molecule has 1 fully saturated rings. The van der Waals surface area contributed by atoms with Crippen molar-refractivity contribution in [3.05, 3.63) is 58.2 Å². The smallest absolute Gasteiger partial charge is 0.270 e. The van der Waals surface area contributed by atoms with Crippen LogP contribution >= 0.6 is 0 Å². The lowest BCUT2D eigenvalue weighted by Gasteiger charge is -2.28. The maximum Gasteiger partial charge on any atom is 0.270 e. The van der Waals surface area contributed by atoms with Gasteiger partial charge in [-0.15, -0.1) is 0 Å². The summed E-state index contributed by atoms with van der Waals surface area (Å²) in [4.78, 5) is 33.1. The Morgan fingerprint density at radius 1 is 0.844 bits per heavy atom. The van der Waals surface area contributed by atoms with Crippen LogP contribution in [0.2, 0.25) is 0 Å². The molecule has 1 aliphatic carbocycles. The number of hydrogen-bond acceptors (Lipinski definition) is 6. The van der Waals surface area contributed by atoms with Gasteiger partial charge >= 0.3 is 0 Å². The highest BCUT2D eigenvalue weighted by molar-refractivity contribution is 5.94. The quantitative estimate of drug-likeness (QED) is 0.724. The Hall–Kier alpha value is -3.78. The van der Waals surface area contributed by atoms with Crippen LogP contribution in [0.4, 0.5) is 0 Å². The van der Waals surface area contributed by atoms with E-state index in [0.717, 1.165) is 25.7 Å². The van der Waals surface area contributed by atoms with Gasteiger partial charge in [0, 0.05) is 25.5 Å². The fourth-order valence-corrected chi connectivity index (χ4v) is 4.03. The zero-order valence-electron chi connectivity index (χ0n) is 18.3. The molecule has 32 heavy (non-hydrogen) atoms. The molecule has 3 rings (SSSR count). The van der Waals surface area contributed by atoms with Crippen molar-refractivity contribution in [3.63, 3.8) is 0 Å². The second-order valence-corrected chi connectivity index (χ2v) is 8.31. The second kappa shape index (κ2) is 10.5. The highest BCUT2D eigenvalue weighted by Crippen LogP contribution is 2.28. The first kappa shape index (κ1) is 22.9. The van der Waals surface area contributed by atoms with Crippen molar-refractivity contribution in [2.75, 3.05) is 13.1 Å². The Morgan fingerprint density at radius 2 is 1.22 bits per heavy atom. The van der Waals surface area contributed by atoms with Gasteiger partial charge in [-0.05, 0) is 74.6 Å². The normalized spacial score (nSPS) is 17.6. The standard InChI is InChI=1S/C24H26N6O2/c1-15-7-19(9-25)13-27-21(15)23(31)29-11-17-3-5-18(6-4-17)12-30-24(32)22-16(2)8-20(10-26)14-28-22/h7-8,13-14,17-18H,3-6,11-12H2,1-2H3,(H,29,31)(H,30,32). The van der Waals surface area contributed by atoms with Crippen LogP contribution in [0.3, 0.4) is 0 Å². The van der Waals surface area contributed by atoms with Crippen molar-refractivity contribution in [1.29, 1.82) is 10.5 Å². The molecular weight excluding hydrogens is 404 g/mol. The van der Waals surface area contributed by atoms with E-state index < -0.39 is 0 Å². The van der Waals surface area contributed by atoms with Crippen molar-refractivity contribution >= 4 is 11.8 Å². The van der Waals surface area contributed by atoms with Crippen LogP contribution in [0, 0.1) is 48.3 Å². The molecule has 164 valence electrons. The van der Waals surface area contributed by atoms with E-state index in [1.807, 2.05) is 12.1 Å². The lowest BCUT2D eigenvalue weighted by Crippen LogP contribution is -2.35. The molecule has 2 N–H and O–H groups in total. The lowest BCUT2D eigenvalue weighted by molar-refractivity contribution is 0.0917. The van der Waals surface area contributed by atoms with Crippen LogP contribution in [0.5, 0.6) is 0 Å². The summed E-state index contributed by atoms with van der Waals surface area (Å²) < 4.78 is 0. The number of carbonyl (C=O) groups is 2. The largest absolute Gasteiger partial charge is 0.350 e. The van der Waals surface area contributed by atoms with Gasteiger partial charge in [-0.25, -0.2) is 9.97 Å². The molecule has 1 aliphatic rings. The molecule has 0 spiro atoms. The molecule has 8 nitrogen and oxygen atoms in total. The van der Waals surface area contributed by atoms with Gasteiger partial charge in [0.15, 0.2) is 0 Å². The molecule has 0 aliphatic heterocycles. The van der Waals surface area contributed by atoms with E-state index in [9.17, 15) is 9.59 Å². The van der Waals surface area contributed by atoms with Gasteiger partial charge in [0.25, 0.3) is 11.8 Å². The summed E-state index contributed by atoms with van der Waals surface area (Å²) in [7, 11) is 0. The first-order valence-electron chi connectivity index (χ1n) is 10.7. The van der Waals surface area contributed by atoms with Crippen molar-refractivity contribution in [2.45, 2.75) is 39.5 Å². The fourth-order valence-electron chi connectivity index (χ4n) is 4.03. The van der Waals surface area contributed by atoms with Gasteiger partial charge in [0.2, 0.25) is 0 Å². The summed E-state index contributed by atoms with van der Waals surface area (Å²) in [5, 5.41) is 23.8. The van der Waals surface area contributed by atoms with Crippen LogP contribution < -0.4 is 10.6 Å². The molecule has 2 aromatic heterocycles. The number of rotatable bonds is 6. The topological polar surface area (TPSA) is 132 Å². The maximum atomic E-state index is 12.4. The number of hydrogen-bond donors (Lipinski definition) is 2. The van der Waals surface area contributed by atoms with E-state index in [1.54, 1.807) is 26.0 Å². The van der Waals surface area contributed by atoms with E-state index in [2.05, 4.69) is 20.6 Å². The van der Waals surface area contributed by atoms with Crippen molar-refractivity contribution in [3.8, 4) is 12.1 Å². The number of carbonyl (C=O) groups excluding carboxylic acids is 2. The lowest BCUT2D eigenvalue weighted by atomic mass is 9.82. The number of pyridine rings is 2. The molecule has 1 saturated carbocycles. The zero-order chi connectivity index (χ0) is 23.1. The predicted molar refractivity (Wildman–Crippen MR) is 117 cm³/mol. The highest BCUT2D eigenvalue weighted by atomic mass is 16.2. The summed E-state index contributed by atoms with van der Waals surface area (Å²) in [5.41, 5.74) is 2.96. The van der Waals surface area contributed by atoms with Crippen LogP contribution in [0.25, 0.3) is 0 Å². The maximum absolute atomic E-state index is 12.4. The number of aromatic nitrogens is 2. The number of aryl methyl sites for hydroxylation is 2. The minimum Gasteiger partial charge on any atom is -0.350 e. The molecular formula is C24H26N6O2. The van der Waals surface area contributed by atoms with E-state index >= 15 is 0 Å². The van der Waals surface area contributed by atoms with Crippen LogP contribution in [-0.4, -0.2) is 34.9 Å². The molecule has 2 aromatic rings. The number of nitrogens with one attached hydrogen (secondary N) is 2. The number of amides is 2. The Bertz CT molecular complexity index is 1000. The van der Waals surface area contributed by atoms with E-state index in [0.29, 0.717) is 58.6 Å². The molecule has 8 heteroatoms. The van der Waals surface area contributed by atoms with Gasteiger partial charge in [0.1, 0.15) is 23.5 Å². The van der Waals surface area contributed by atoms with E-state index in [1.165, 1.54) is 12.4 Å². The molecule has 2 amide bonds. The SMILES string of the molecule is Cc1cc(C#N)cnc1C(=O)NCC1CCC(CNC(=O)c2ncc(C#N)cc2C)CC1. The number of nitriles is 2. The van der Waals surface area contributed by atoms with E-state index in [-0.39, 0.29) is 11.8 Å². The van der Waals surface area contributed by atoms with Crippen molar-refractivity contribution in [1.82, 2.24) is 20.6 Å². The molecule has 0 unspecified atom stereocenters. The molecule has 2 heterocycles. The zero-order valence-corrected chi connectivity index (χ0v) is 18.3. The minimum atomic E-state index is -0.216. The van der Waals surface area contributed by atoms with E-state index in [4.69, 9.17) is 10.5 Å². The monoisotopic (exact) mass is 430 g/mol. The molecule has 0 aromatic carbocycles. The van der Waals surface area contributed by atoms with Gasteiger partial charge in [-0.1, -0.05) is 0 Å². The van der Waals surface area contributed by atoms with Crippen LogP contribution in [0.1, 0.15) is 68.9 Å². The molecule has 0 atom stereocenters. The average molecular weight is 431 g/mol. The third kappa shape index (κ3) is 5.67. The summed E-state index contributed by atoms with van der Waals surface area (Å²) in [5.74, 6) is 0.359. The third-order valence-electron chi connectivity index (χ3n) is 5.91. The van der Waals surface area contributed by atoms with Crippen LogP contribution in [-0.2, 0) is 0 Å². The average Bonchev–Trinajstić information content (AvgIpc) is 2.81. The summed E-state index contributed by atoms with van der Waals surface area (Å²) >= 11 is 0. The summed E-state index contributed by atoms with van der Waals surface area (Å²) in [6.45, 7) is 4.73. The van der Waals surface area contributed by atoms with Crippen LogP contribution in [0.15, 0.2) is 24.5 Å². The minimum absolute atomic E-state index is 0.216. The number of nitrogens with zero attached hydrogens (tertiary/aromatic N) is 4. The van der Waals surface area contributed by atoms with Gasteiger partial charge in [-0.3, -0.25) is 9.59 Å². The van der Waals surface area contributed by atoms with Crippen molar-refractivity contribution in [2.24, 2.45) is 11.8 Å². The van der Waals surface area contributed by atoms with Gasteiger partial charge in [-0.2, -0.15) is 10.5 Å². The Labute approximate surface area is 187 Å². The summed E-state index contributed by atoms with van der Waals surface area (Å²) in [6, 6.07) is 7.37. The molecule has 0 radical (unpaired) electrons. The highest BCUT2D eigenvalue weighted by Gasteiger charge is 2.23.